The van der Waals surface area contributed by atoms with E-state index >= 15 is 38.4 Å². The first-order valence-corrected chi connectivity index (χ1v) is 39.4. The number of aliphatic hydroxyl groups excluding tert-OH is 2. The second-order valence-electron chi connectivity index (χ2n) is 31.8. The number of rotatable bonds is 24. The van der Waals surface area contributed by atoms with Crippen molar-refractivity contribution in [3.05, 3.63) is 0 Å². The summed E-state index contributed by atoms with van der Waals surface area (Å²) in [5.41, 5.74) is 0. The summed E-state index contributed by atoms with van der Waals surface area (Å²) in [7, 11) is 8.46. The fraction of sp³-hybridized carbons (Fsp3) is 0.842. The van der Waals surface area contributed by atoms with E-state index in [0.29, 0.717) is 58.0 Å². The summed E-state index contributed by atoms with van der Waals surface area (Å²) < 4.78 is 11.9. The average Bonchev–Trinajstić information content (AvgIpc) is 0.832. The Hall–Kier alpha value is -6.23. The highest BCUT2D eigenvalue weighted by Crippen LogP contribution is 2.33. The summed E-state index contributed by atoms with van der Waals surface area (Å²) >= 11 is 6.72. The maximum Gasteiger partial charge on any atom is 0.248 e. The highest BCUT2D eigenvalue weighted by Gasteiger charge is 2.44. The summed E-state index contributed by atoms with van der Waals surface area (Å²) in [5, 5.41) is 32.3. The van der Waals surface area contributed by atoms with E-state index in [4.69, 9.17) is 21.1 Å². The Morgan fingerprint density at radius 3 is 1.50 bits per heavy atom. The molecule has 0 aromatic heterocycles. The first kappa shape index (κ1) is 91.2. The summed E-state index contributed by atoms with van der Waals surface area (Å²) in [4.78, 5) is 191. The first-order valence-electron chi connectivity index (χ1n) is 39.0. The molecule has 6 N–H and O–H groups in total. The van der Waals surface area contributed by atoms with Gasteiger partial charge in [0.25, 0.3) is 0 Å². The molecule has 0 spiro atoms. The number of halogens is 1. The number of carbonyl (C=O) groups excluding carboxylic acids is 12. The maximum absolute atomic E-state index is 15.5. The predicted octanol–water partition coefficient (Wildman–Crippen LogP) is 4.31. The first-order chi connectivity index (χ1) is 49.5. The van der Waals surface area contributed by atoms with Gasteiger partial charge < -0.3 is 80.2 Å². The van der Waals surface area contributed by atoms with Gasteiger partial charge in [-0.1, -0.05) is 107 Å². The fourth-order valence-electron chi connectivity index (χ4n) is 14.6. The smallest absolute Gasteiger partial charge is 0.248 e. The molecule has 0 bridgehead atoms. The van der Waals surface area contributed by atoms with Crippen molar-refractivity contribution in [2.24, 2.45) is 35.5 Å². The summed E-state index contributed by atoms with van der Waals surface area (Å²) in [6, 6.07) is -12.5. The highest BCUT2D eigenvalue weighted by molar-refractivity contribution is 6.20. The molecule has 29 heteroatoms. The van der Waals surface area contributed by atoms with Crippen LogP contribution in [0.25, 0.3) is 0 Å². The van der Waals surface area contributed by atoms with Crippen molar-refractivity contribution in [3.8, 4) is 0 Å². The van der Waals surface area contributed by atoms with Gasteiger partial charge in [-0.2, -0.15) is 0 Å². The number of likely N-dealkylation sites (N-methyl/N-ethyl adjacent to an activating group) is 6. The third kappa shape index (κ3) is 29.0. The van der Waals surface area contributed by atoms with Gasteiger partial charge in [-0.05, 0) is 126 Å². The molecule has 4 fully saturated rings. The molecule has 0 radical (unpaired) electrons. The van der Waals surface area contributed by atoms with Gasteiger partial charge in [-0.3, -0.25) is 57.5 Å². The van der Waals surface area contributed by atoms with Gasteiger partial charge >= 0.3 is 0 Å². The predicted molar refractivity (Wildman–Crippen MR) is 400 cm³/mol. The number of amides is 12. The van der Waals surface area contributed by atoms with Crippen LogP contribution in [0.1, 0.15) is 204 Å². The van der Waals surface area contributed by atoms with Gasteiger partial charge in [0.15, 0.2) is 0 Å². The number of likely N-dealkylation sites (tertiary alicyclic amines) is 1. The summed E-state index contributed by atoms with van der Waals surface area (Å²) in [6.07, 6.45) is 9.52. The van der Waals surface area contributed by atoms with E-state index in [1.807, 2.05) is 55.4 Å². The van der Waals surface area contributed by atoms with Gasteiger partial charge in [0.1, 0.15) is 54.4 Å². The molecule has 600 valence electrons. The molecule has 12 atom stereocenters. The van der Waals surface area contributed by atoms with Crippen LogP contribution in [-0.4, -0.2) is 294 Å². The molecule has 2 saturated carbocycles. The van der Waals surface area contributed by atoms with E-state index in [0.717, 1.165) is 61.2 Å². The molecule has 12 amide bonds. The molecule has 4 rings (SSSR count). The van der Waals surface area contributed by atoms with Crippen molar-refractivity contribution in [2.75, 3.05) is 108 Å². The van der Waals surface area contributed by atoms with E-state index in [1.54, 1.807) is 11.8 Å². The minimum absolute atomic E-state index is 0.00772. The highest BCUT2D eigenvalue weighted by atomic mass is 35.5. The van der Waals surface area contributed by atoms with Gasteiger partial charge in [0.2, 0.25) is 70.9 Å². The Kier molecular flexibility index (Phi) is 39.5. The molecular formula is C76H133ClN12O16. The summed E-state index contributed by atoms with van der Waals surface area (Å²) in [6.45, 7) is 16.3. The fourth-order valence-corrected chi connectivity index (χ4v) is 15.0. The standard InChI is InChI=1S/C76H133ClN12O16/c1-17-32-89-45-66(94)83(12)59(30-29-53-25-20-18-21-26-53)75(102)87(16)61(39-50(6)7)69(96)79-57(46-104-36-31-48(2)3)72(99)85(14)60(38-49(4)5)68(95)78-56(74(101)88-33-22-19-23-34-88)43-64(92)82(11)44-65(93)84(13)63(42-54-27-24-28-55(77)41-54)70(97)80-58(47-105-37-35-90)73(100)86(15)62(40-51(8)9)71(98)81-67(52(10)91)76(89)103/h48-63,67,90-91H,17-47H2,1-16H3,(H,78,95)(H,79,96)(H,80,97)(H,81,98)/t52-,54?,55?,56+,57+,58+,59+,60+,61+,62+,63+,67+/m1/s1. The Morgan fingerprint density at radius 1 is 0.514 bits per heavy atom. The Morgan fingerprint density at radius 2 is 0.990 bits per heavy atom. The van der Waals surface area contributed by atoms with Crippen LogP contribution in [0.5, 0.6) is 0 Å². The molecule has 105 heavy (non-hydrogen) atoms. The number of piperidine rings is 1. The summed E-state index contributed by atoms with van der Waals surface area (Å²) in [5.74, 6) is -9.16. The van der Waals surface area contributed by atoms with Crippen LogP contribution in [0.2, 0.25) is 0 Å². The zero-order valence-corrected chi connectivity index (χ0v) is 67.1. The number of hydrogen-bond donors (Lipinski definition) is 6. The van der Waals surface area contributed by atoms with Crippen LogP contribution in [0.15, 0.2) is 0 Å². The molecule has 2 aliphatic carbocycles. The van der Waals surface area contributed by atoms with Crippen molar-refractivity contribution >= 4 is 82.5 Å². The van der Waals surface area contributed by atoms with Gasteiger partial charge in [-0.15, -0.1) is 11.6 Å². The second-order valence-corrected chi connectivity index (χ2v) is 32.5. The van der Waals surface area contributed by atoms with Gasteiger partial charge in [0.05, 0.1) is 52.0 Å². The van der Waals surface area contributed by atoms with E-state index in [-0.39, 0.29) is 99.4 Å². The van der Waals surface area contributed by atoms with Crippen LogP contribution in [-0.2, 0) is 67.0 Å². The number of carbonyl (C=O) groups is 12. The van der Waals surface area contributed by atoms with Crippen LogP contribution in [0, 0.1) is 35.5 Å². The van der Waals surface area contributed by atoms with Crippen LogP contribution < -0.4 is 21.3 Å². The molecule has 0 aromatic carbocycles. The van der Waals surface area contributed by atoms with E-state index in [2.05, 4.69) is 21.3 Å². The number of alkyl halides is 1. The molecule has 2 saturated heterocycles. The molecule has 4 aliphatic rings. The zero-order chi connectivity index (χ0) is 78.5. The largest absolute Gasteiger partial charge is 0.394 e. The lowest BCUT2D eigenvalue weighted by atomic mass is 9.84. The number of hydrogen-bond acceptors (Lipinski definition) is 16. The van der Waals surface area contributed by atoms with E-state index in [9.17, 15) is 29.4 Å². The number of aliphatic hydroxyl groups is 2. The molecular weight excluding hydrogens is 1370 g/mol. The van der Waals surface area contributed by atoms with Crippen molar-refractivity contribution in [1.82, 2.24) is 60.5 Å². The lowest BCUT2D eigenvalue weighted by molar-refractivity contribution is -0.151. The quantitative estimate of drug-likeness (QED) is 0.0579. The number of nitrogens with one attached hydrogen (secondary N) is 4. The molecule has 2 unspecified atom stereocenters. The third-order valence-corrected chi connectivity index (χ3v) is 21.5. The minimum Gasteiger partial charge on any atom is -0.394 e. The SMILES string of the molecule is CCCN1CC(=O)N(C)[C@@H](CCC2CCCCC2)C(=O)N(C)[C@@H](CC(C)C)C(=O)N[C@@H](COCCC(C)C)C(=O)N(C)[C@@H](CC(C)C)C(=O)N[C@H](C(=O)N2CCCCC2)CC(=O)N(C)CC(=O)N(C)[C@@H](CC2CCCC(Cl)C2)C(=O)N[C@@H](COCCO)C(=O)N(C)[C@@H](CC(C)C)C(=O)N[C@@H]([C@@H](C)O)C1=O. The Labute approximate surface area is 630 Å². The monoisotopic (exact) mass is 1500 g/mol. The zero-order valence-electron chi connectivity index (χ0n) is 66.3. The number of ether oxygens (including phenoxy) is 2. The van der Waals surface area contributed by atoms with E-state index < -0.39 is 164 Å². The van der Waals surface area contributed by atoms with E-state index in [1.165, 1.54) is 73.7 Å². The lowest BCUT2D eigenvalue weighted by Gasteiger charge is -2.38. The lowest BCUT2D eigenvalue weighted by Crippen LogP contribution is -2.62. The molecule has 2 heterocycles. The van der Waals surface area contributed by atoms with Crippen LogP contribution >= 0.6 is 11.6 Å². The maximum atomic E-state index is 15.5. The number of nitrogens with zero attached hydrogens (tertiary/aromatic N) is 8. The van der Waals surface area contributed by atoms with Crippen LogP contribution in [0.4, 0.5) is 0 Å². The molecule has 0 aromatic rings. The van der Waals surface area contributed by atoms with Gasteiger partial charge in [-0.25, -0.2) is 0 Å². The van der Waals surface area contributed by atoms with Gasteiger partial charge in [0, 0.05) is 73.9 Å². The Balaban J connectivity index is 1.98. The molecule has 28 nitrogen and oxygen atoms in total. The average molecular weight is 1510 g/mol. The Bertz CT molecular complexity index is 2820. The second kappa shape index (κ2) is 45.6. The third-order valence-electron chi connectivity index (χ3n) is 21.1. The normalized spacial score (nSPS) is 27.2. The minimum atomic E-state index is -1.68. The van der Waals surface area contributed by atoms with Crippen LogP contribution in [0.3, 0.4) is 0 Å². The van der Waals surface area contributed by atoms with Crippen molar-refractivity contribution in [3.63, 3.8) is 0 Å². The van der Waals surface area contributed by atoms with Crippen molar-refractivity contribution in [2.45, 2.75) is 270 Å². The molecule has 2 aliphatic heterocycles. The van der Waals surface area contributed by atoms with Crippen molar-refractivity contribution in [1.29, 1.82) is 0 Å². The topological polar surface area (TPSA) is 338 Å². The van der Waals surface area contributed by atoms with Crippen molar-refractivity contribution < 1.29 is 77.2 Å².